The fourth-order valence-corrected chi connectivity index (χ4v) is 2.90. The predicted molar refractivity (Wildman–Crippen MR) is 96.2 cm³/mol. The van der Waals surface area contributed by atoms with E-state index in [-0.39, 0.29) is 6.10 Å². The highest BCUT2D eigenvalue weighted by atomic mass is 16.5. The molecule has 0 spiro atoms. The van der Waals surface area contributed by atoms with E-state index in [4.69, 9.17) is 4.74 Å². The van der Waals surface area contributed by atoms with Crippen LogP contribution in [-0.2, 0) is 6.54 Å². The van der Waals surface area contributed by atoms with E-state index in [1.807, 2.05) is 18.2 Å². The molecule has 3 N–H and O–H groups in total. The van der Waals surface area contributed by atoms with Crippen LogP contribution in [0.4, 0.5) is 0 Å². The van der Waals surface area contributed by atoms with Gasteiger partial charge in [0.25, 0.3) is 0 Å². The summed E-state index contributed by atoms with van der Waals surface area (Å²) in [7, 11) is 0. The lowest BCUT2D eigenvalue weighted by Gasteiger charge is -2.30. The van der Waals surface area contributed by atoms with Crippen LogP contribution in [0.2, 0.25) is 0 Å². The molecule has 1 aromatic carbocycles. The number of piperidine rings is 1. The Balaban J connectivity index is 1.71. The van der Waals surface area contributed by atoms with Crippen LogP contribution in [-0.4, -0.2) is 60.1 Å². The van der Waals surface area contributed by atoms with Gasteiger partial charge in [-0.05, 0) is 43.0 Å². The molecule has 1 aliphatic heterocycles. The fraction of sp³-hybridized carbons (Fsp3) is 0.684. The van der Waals surface area contributed by atoms with Crippen molar-refractivity contribution in [1.29, 1.82) is 0 Å². The first-order valence-corrected chi connectivity index (χ1v) is 9.04. The van der Waals surface area contributed by atoms with E-state index < -0.39 is 6.10 Å². The second-order valence-electron chi connectivity index (χ2n) is 7.17. The van der Waals surface area contributed by atoms with Gasteiger partial charge in [-0.1, -0.05) is 26.0 Å². The summed E-state index contributed by atoms with van der Waals surface area (Å²) in [5.41, 5.74) is 1.19. The number of hydrogen-bond acceptors (Lipinski definition) is 5. The van der Waals surface area contributed by atoms with Crippen LogP contribution >= 0.6 is 0 Å². The second kappa shape index (κ2) is 9.99. The van der Waals surface area contributed by atoms with Crippen molar-refractivity contribution in [2.75, 3.05) is 32.8 Å². The first-order valence-electron chi connectivity index (χ1n) is 9.04. The molecule has 1 saturated heterocycles. The van der Waals surface area contributed by atoms with Gasteiger partial charge in [-0.3, -0.25) is 0 Å². The number of rotatable bonds is 9. The molecular weight excluding hydrogens is 304 g/mol. The van der Waals surface area contributed by atoms with Crippen molar-refractivity contribution in [2.24, 2.45) is 5.92 Å². The molecule has 1 unspecified atom stereocenters. The highest BCUT2D eigenvalue weighted by molar-refractivity contribution is 5.28. The van der Waals surface area contributed by atoms with Crippen molar-refractivity contribution in [3.05, 3.63) is 29.8 Å². The summed E-state index contributed by atoms with van der Waals surface area (Å²) in [6.07, 6.45) is 0.891. The third-order valence-corrected chi connectivity index (χ3v) is 4.25. The average Bonchev–Trinajstić information content (AvgIpc) is 2.55. The highest BCUT2D eigenvalue weighted by Crippen LogP contribution is 2.14. The zero-order valence-electron chi connectivity index (χ0n) is 14.9. The number of aliphatic hydroxyl groups is 2. The molecule has 0 amide bonds. The van der Waals surface area contributed by atoms with Gasteiger partial charge in [0, 0.05) is 26.2 Å². The van der Waals surface area contributed by atoms with E-state index >= 15 is 0 Å². The number of hydrogen-bond donors (Lipinski definition) is 3. The Bertz CT molecular complexity index is 473. The lowest BCUT2D eigenvalue weighted by molar-refractivity contribution is 0.0337. The molecule has 5 heteroatoms. The van der Waals surface area contributed by atoms with E-state index in [9.17, 15) is 10.2 Å². The lowest BCUT2D eigenvalue weighted by atomic mass is 10.1. The number of aliphatic hydroxyl groups excluding tert-OH is 2. The first-order chi connectivity index (χ1) is 11.5. The minimum atomic E-state index is -0.511. The highest BCUT2D eigenvalue weighted by Gasteiger charge is 2.19. The molecule has 0 aromatic heterocycles. The standard InChI is InChI=1S/C19H32N2O3/c1-15(2)11-20-12-16-4-3-5-19(10-16)24-14-18(23)13-21-8-6-17(22)7-9-21/h3-5,10,15,17-18,20,22-23H,6-9,11-14H2,1-2H3. The summed E-state index contributed by atoms with van der Waals surface area (Å²) in [6, 6.07) is 8.02. The van der Waals surface area contributed by atoms with Gasteiger partial charge in [-0.25, -0.2) is 0 Å². The van der Waals surface area contributed by atoms with Crippen molar-refractivity contribution in [1.82, 2.24) is 10.2 Å². The third kappa shape index (κ3) is 7.18. The van der Waals surface area contributed by atoms with E-state index in [0.717, 1.165) is 44.8 Å². The maximum atomic E-state index is 10.2. The average molecular weight is 336 g/mol. The smallest absolute Gasteiger partial charge is 0.119 e. The number of ether oxygens (including phenoxy) is 1. The van der Waals surface area contributed by atoms with Gasteiger partial charge >= 0.3 is 0 Å². The van der Waals surface area contributed by atoms with Crippen LogP contribution in [0.3, 0.4) is 0 Å². The quantitative estimate of drug-likeness (QED) is 0.640. The van der Waals surface area contributed by atoms with Crippen molar-refractivity contribution >= 4 is 0 Å². The fourth-order valence-electron chi connectivity index (χ4n) is 2.90. The van der Waals surface area contributed by atoms with Gasteiger partial charge in [0.2, 0.25) is 0 Å². The molecule has 0 bridgehead atoms. The molecule has 2 rings (SSSR count). The van der Waals surface area contributed by atoms with Crippen LogP contribution in [0, 0.1) is 5.92 Å². The summed E-state index contributed by atoms with van der Waals surface area (Å²) in [5.74, 6) is 1.43. The van der Waals surface area contributed by atoms with Gasteiger partial charge in [0.1, 0.15) is 18.5 Å². The normalized spacial score (nSPS) is 18.0. The summed E-state index contributed by atoms with van der Waals surface area (Å²) in [6.45, 7) is 8.78. The van der Waals surface area contributed by atoms with Gasteiger partial charge < -0.3 is 25.2 Å². The van der Waals surface area contributed by atoms with Gasteiger partial charge in [-0.15, -0.1) is 0 Å². The zero-order valence-corrected chi connectivity index (χ0v) is 14.9. The Hall–Kier alpha value is -1.14. The molecule has 136 valence electrons. The van der Waals surface area contributed by atoms with Crippen molar-refractivity contribution in [2.45, 2.75) is 45.4 Å². The predicted octanol–water partition coefficient (Wildman–Crippen LogP) is 1.63. The number of likely N-dealkylation sites (tertiary alicyclic amines) is 1. The SMILES string of the molecule is CC(C)CNCc1cccc(OCC(O)CN2CCC(O)CC2)c1. The first kappa shape index (κ1) is 19.2. The van der Waals surface area contributed by atoms with Gasteiger partial charge in [-0.2, -0.15) is 0 Å². The molecule has 5 nitrogen and oxygen atoms in total. The largest absolute Gasteiger partial charge is 0.491 e. The van der Waals surface area contributed by atoms with Crippen molar-refractivity contribution < 1.29 is 14.9 Å². The number of benzene rings is 1. The van der Waals surface area contributed by atoms with E-state index in [1.165, 1.54) is 5.56 Å². The van der Waals surface area contributed by atoms with Crippen LogP contribution in [0.15, 0.2) is 24.3 Å². The molecule has 0 radical (unpaired) electrons. The van der Waals surface area contributed by atoms with Crippen LogP contribution in [0.25, 0.3) is 0 Å². The number of β-amino-alcohol motifs (C(OH)–C–C–N with tert-alkyl or cyclic N) is 1. The molecule has 1 heterocycles. The Labute approximate surface area is 145 Å². The molecular formula is C19H32N2O3. The van der Waals surface area contributed by atoms with E-state index in [2.05, 4.69) is 30.1 Å². The second-order valence-corrected chi connectivity index (χ2v) is 7.17. The zero-order chi connectivity index (χ0) is 17.4. The maximum absolute atomic E-state index is 10.2. The number of nitrogens with one attached hydrogen (secondary N) is 1. The van der Waals surface area contributed by atoms with Gasteiger partial charge in [0.15, 0.2) is 0 Å². The minimum Gasteiger partial charge on any atom is -0.491 e. The summed E-state index contributed by atoms with van der Waals surface area (Å²) in [4.78, 5) is 2.19. The molecule has 0 saturated carbocycles. The molecule has 1 aliphatic rings. The maximum Gasteiger partial charge on any atom is 0.119 e. The molecule has 1 aromatic rings. The Morgan fingerprint density at radius 3 is 2.75 bits per heavy atom. The molecule has 1 atom stereocenters. The van der Waals surface area contributed by atoms with Crippen molar-refractivity contribution in [3.63, 3.8) is 0 Å². The van der Waals surface area contributed by atoms with Crippen molar-refractivity contribution in [3.8, 4) is 5.75 Å². The third-order valence-electron chi connectivity index (χ3n) is 4.25. The van der Waals surface area contributed by atoms with E-state index in [0.29, 0.717) is 19.1 Å². The van der Waals surface area contributed by atoms with Gasteiger partial charge in [0.05, 0.1) is 6.10 Å². The molecule has 0 aliphatic carbocycles. The topological polar surface area (TPSA) is 65.0 Å². The summed E-state index contributed by atoms with van der Waals surface area (Å²) in [5, 5.41) is 23.1. The Morgan fingerprint density at radius 1 is 1.29 bits per heavy atom. The van der Waals surface area contributed by atoms with Crippen LogP contribution < -0.4 is 10.1 Å². The lowest BCUT2D eigenvalue weighted by Crippen LogP contribution is -2.41. The molecule has 1 fully saturated rings. The minimum absolute atomic E-state index is 0.179. The molecule has 24 heavy (non-hydrogen) atoms. The van der Waals surface area contributed by atoms with E-state index in [1.54, 1.807) is 0 Å². The monoisotopic (exact) mass is 336 g/mol. The number of nitrogens with zero attached hydrogens (tertiary/aromatic N) is 1. The van der Waals surface area contributed by atoms with Crippen LogP contribution in [0.1, 0.15) is 32.3 Å². The Kier molecular flexibility index (Phi) is 7.99. The Morgan fingerprint density at radius 2 is 2.04 bits per heavy atom. The summed E-state index contributed by atoms with van der Waals surface area (Å²) >= 11 is 0. The van der Waals surface area contributed by atoms with Crippen LogP contribution in [0.5, 0.6) is 5.75 Å². The summed E-state index contributed by atoms with van der Waals surface area (Å²) < 4.78 is 5.74.